The zero-order valence-electron chi connectivity index (χ0n) is 10.5. The fourth-order valence-electron chi connectivity index (χ4n) is 2.77. The van der Waals surface area contributed by atoms with Crippen molar-refractivity contribution in [2.45, 2.75) is 45.7 Å². The van der Waals surface area contributed by atoms with E-state index in [1.165, 1.54) is 6.42 Å². The van der Waals surface area contributed by atoms with Crippen molar-refractivity contribution in [3.63, 3.8) is 0 Å². The summed E-state index contributed by atoms with van der Waals surface area (Å²) in [6, 6.07) is 0. The van der Waals surface area contributed by atoms with E-state index in [0.29, 0.717) is 0 Å². The molecule has 80 valence electrons. The summed E-state index contributed by atoms with van der Waals surface area (Å²) >= 11 is 0. The van der Waals surface area contributed by atoms with E-state index in [1.807, 2.05) is 0 Å². The zero-order valence-corrected chi connectivity index (χ0v) is 13.5. The van der Waals surface area contributed by atoms with Crippen LogP contribution >= 0.6 is 0 Å². The van der Waals surface area contributed by atoms with Crippen LogP contribution < -0.4 is 0 Å². The second kappa shape index (κ2) is 3.61. The minimum absolute atomic E-state index is 1.02. The highest BCUT2D eigenvalue weighted by atomic mass is 29.6. The first-order chi connectivity index (χ1) is 6.21. The van der Waals surface area contributed by atoms with E-state index < -0.39 is 22.3 Å². The molecule has 0 bridgehead atoms. The van der Waals surface area contributed by atoms with Crippen molar-refractivity contribution < 1.29 is 0 Å². The van der Waals surface area contributed by atoms with Crippen molar-refractivity contribution in [1.82, 2.24) is 0 Å². The molecule has 0 radical (unpaired) electrons. The van der Waals surface area contributed by atoms with Crippen LogP contribution in [-0.2, 0) is 0 Å². The molecular weight excluding hydrogens is 216 g/mol. The second-order valence-electron chi connectivity index (χ2n) is 6.41. The van der Waals surface area contributed by atoms with Gasteiger partial charge in [-0.25, -0.2) is 0 Å². The molecule has 0 spiro atoms. The smallest absolute Gasteiger partial charge is 0.0851 e. The molecule has 0 nitrogen and oxygen atoms in total. The molecule has 0 fully saturated rings. The molecule has 0 aliphatic carbocycles. The van der Waals surface area contributed by atoms with Gasteiger partial charge in [-0.1, -0.05) is 62.8 Å². The number of rotatable bonds is 2. The Morgan fingerprint density at radius 1 is 0.786 bits per heavy atom. The molecule has 1 aliphatic heterocycles. The Labute approximate surface area is 91.7 Å². The summed E-state index contributed by atoms with van der Waals surface area (Å²) < 4.78 is 0. The Balaban J connectivity index is 3.23. The van der Waals surface area contributed by atoms with Crippen LogP contribution in [0.25, 0.3) is 0 Å². The largest absolute Gasteiger partial charge is 0.0984 e. The molecule has 0 saturated carbocycles. The molecule has 0 atom stereocenters. The maximum absolute atomic E-state index is 2.67. The highest BCUT2D eigenvalue weighted by Gasteiger charge is 2.51. The van der Waals surface area contributed by atoms with Crippen LogP contribution in [0.15, 0.2) is 23.6 Å². The molecule has 0 saturated heterocycles. The summed E-state index contributed by atoms with van der Waals surface area (Å²) in [5, 5.41) is 0. The van der Waals surface area contributed by atoms with E-state index in [2.05, 4.69) is 62.8 Å². The molecule has 14 heavy (non-hydrogen) atoms. The molecule has 1 heterocycles. The van der Waals surface area contributed by atoms with Crippen LogP contribution in [0.4, 0.5) is 0 Å². The fourth-order valence-corrected chi connectivity index (χ4v) is 42.6. The number of allylic oxidation sites excluding steroid dienone is 2. The molecule has 1 rings (SSSR count). The molecular formula is C11H24Si3. The van der Waals surface area contributed by atoms with Gasteiger partial charge < -0.3 is 0 Å². The molecule has 1 aliphatic rings. The van der Waals surface area contributed by atoms with Gasteiger partial charge in [0.05, 0.1) is 7.11 Å². The van der Waals surface area contributed by atoms with E-state index in [-0.39, 0.29) is 0 Å². The molecule has 0 aromatic heterocycles. The van der Waals surface area contributed by atoms with Crippen LogP contribution in [0.3, 0.4) is 0 Å². The van der Waals surface area contributed by atoms with Crippen LogP contribution in [0.5, 0.6) is 0 Å². The second-order valence-corrected chi connectivity index (χ2v) is 33.3. The predicted molar refractivity (Wildman–Crippen MR) is 75.3 cm³/mol. The van der Waals surface area contributed by atoms with E-state index in [1.54, 1.807) is 0 Å². The van der Waals surface area contributed by atoms with Gasteiger partial charge in [0.2, 0.25) is 0 Å². The summed E-state index contributed by atoms with van der Waals surface area (Å²) in [5.74, 6) is 0. The van der Waals surface area contributed by atoms with Crippen molar-refractivity contribution >= 4 is 22.3 Å². The van der Waals surface area contributed by atoms with Gasteiger partial charge in [-0.2, -0.15) is 0 Å². The number of hydrogen-bond acceptors (Lipinski definition) is 0. The summed E-state index contributed by atoms with van der Waals surface area (Å²) in [7, 11) is -3.20. The normalized spacial score (nSPS) is 21.3. The highest BCUT2D eigenvalue weighted by molar-refractivity contribution is 7.72. The Bertz CT molecular complexity index is 235. The molecule has 0 aromatic carbocycles. The fraction of sp³-hybridized carbons (Fsp3) is 0.636. The average Bonchev–Trinajstić information content (AvgIpc) is 2.02. The van der Waals surface area contributed by atoms with E-state index in [9.17, 15) is 0 Å². The SMILES string of the molecule is C[Si](C)(C)[Si]1([Si](C)(C)C)C=CCC=C1. The maximum atomic E-state index is 2.67. The van der Waals surface area contributed by atoms with Gasteiger partial charge in [-0.3, -0.25) is 0 Å². The first kappa shape index (κ1) is 12.2. The van der Waals surface area contributed by atoms with Gasteiger partial charge in [0.1, 0.15) is 0 Å². The quantitative estimate of drug-likeness (QED) is 0.643. The van der Waals surface area contributed by atoms with E-state index >= 15 is 0 Å². The van der Waals surface area contributed by atoms with Gasteiger partial charge in [-0.15, -0.1) is 0 Å². The molecule has 0 amide bonds. The van der Waals surface area contributed by atoms with Crippen molar-refractivity contribution in [3.05, 3.63) is 23.6 Å². The molecule has 0 unspecified atom stereocenters. The van der Waals surface area contributed by atoms with Crippen LogP contribution in [-0.4, -0.2) is 22.3 Å². The lowest BCUT2D eigenvalue weighted by molar-refractivity contribution is 1.39. The molecule has 0 N–H and O–H groups in total. The molecule has 0 aromatic rings. The average molecular weight is 241 g/mol. The Morgan fingerprint density at radius 3 is 1.36 bits per heavy atom. The van der Waals surface area contributed by atoms with E-state index in [0.717, 1.165) is 0 Å². The monoisotopic (exact) mass is 240 g/mol. The Hall–Kier alpha value is 0.131. The Kier molecular flexibility index (Phi) is 3.15. The van der Waals surface area contributed by atoms with Gasteiger partial charge in [0, 0.05) is 15.2 Å². The maximum Gasteiger partial charge on any atom is 0.0851 e. The van der Waals surface area contributed by atoms with Gasteiger partial charge in [0.15, 0.2) is 0 Å². The van der Waals surface area contributed by atoms with Gasteiger partial charge in [-0.05, 0) is 6.42 Å². The lowest BCUT2D eigenvalue weighted by Gasteiger charge is -2.47. The summed E-state index contributed by atoms with van der Waals surface area (Å²) in [6.45, 7) is 15.4. The summed E-state index contributed by atoms with van der Waals surface area (Å²) in [4.78, 5) is 0. The zero-order chi connectivity index (χ0) is 11.0. The lowest BCUT2D eigenvalue weighted by atomic mass is 10.4. The number of hydrogen-bond donors (Lipinski definition) is 0. The van der Waals surface area contributed by atoms with Crippen molar-refractivity contribution in [2.24, 2.45) is 0 Å². The first-order valence-corrected chi connectivity index (χ1v) is 16.7. The standard InChI is InChI=1S/C11H24Si3/c1-12(2,3)14(13(4,5)6)10-8-7-9-11-14/h8-11H,7H2,1-6H3. The van der Waals surface area contributed by atoms with Crippen molar-refractivity contribution in [3.8, 4) is 0 Å². The topological polar surface area (TPSA) is 0 Å². The minimum atomic E-state index is -1.17. The summed E-state index contributed by atoms with van der Waals surface area (Å²) in [6.07, 6.45) is 6.04. The van der Waals surface area contributed by atoms with Crippen LogP contribution in [0.1, 0.15) is 6.42 Å². The highest BCUT2D eigenvalue weighted by Crippen LogP contribution is 2.33. The third-order valence-electron chi connectivity index (χ3n) is 3.52. The third-order valence-corrected chi connectivity index (χ3v) is 40.4. The van der Waals surface area contributed by atoms with Gasteiger partial charge in [0.25, 0.3) is 0 Å². The van der Waals surface area contributed by atoms with Crippen LogP contribution in [0.2, 0.25) is 39.3 Å². The first-order valence-electron chi connectivity index (χ1n) is 5.56. The van der Waals surface area contributed by atoms with Gasteiger partial charge >= 0.3 is 0 Å². The predicted octanol–water partition coefficient (Wildman–Crippen LogP) is 3.86. The minimum Gasteiger partial charge on any atom is -0.0984 e. The van der Waals surface area contributed by atoms with Crippen molar-refractivity contribution in [1.29, 1.82) is 0 Å². The lowest BCUT2D eigenvalue weighted by Crippen LogP contribution is -2.70. The Morgan fingerprint density at radius 2 is 1.14 bits per heavy atom. The van der Waals surface area contributed by atoms with E-state index in [4.69, 9.17) is 0 Å². The van der Waals surface area contributed by atoms with Crippen molar-refractivity contribution in [2.75, 3.05) is 0 Å². The summed E-state index contributed by atoms with van der Waals surface area (Å²) in [5.41, 5.74) is 5.34. The van der Waals surface area contributed by atoms with Crippen LogP contribution in [0, 0.1) is 0 Å². The third kappa shape index (κ3) is 1.90. The molecule has 3 heteroatoms.